The van der Waals surface area contributed by atoms with Crippen LogP contribution in [0.1, 0.15) is 12.0 Å². The van der Waals surface area contributed by atoms with Crippen LogP contribution in [0.15, 0.2) is 18.2 Å². The van der Waals surface area contributed by atoms with E-state index in [1.165, 1.54) is 19.2 Å². The van der Waals surface area contributed by atoms with Crippen LogP contribution in [0, 0.1) is 17.1 Å². The van der Waals surface area contributed by atoms with Gasteiger partial charge in [-0.2, -0.15) is 5.26 Å². The van der Waals surface area contributed by atoms with Crippen molar-refractivity contribution in [3.63, 3.8) is 0 Å². The zero-order valence-corrected chi connectivity index (χ0v) is 8.79. The van der Waals surface area contributed by atoms with Crippen molar-refractivity contribution >= 4 is 11.6 Å². The molecule has 0 aliphatic carbocycles. The van der Waals surface area contributed by atoms with E-state index in [4.69, 9.17) is 10.00 Å². The Morgan fingerprint density at radius 3 is 3.00 bits per heavy atom. The van der Waals surface area contributed by atoms with Crippen LogP contribution in [0.3, 0.4) is 0 Å². The van der Waals surface area contributed by atoms with Crippen molar-refractivity contribution in [3.05, 3.63) is 29.6 Å². The van der Waals surface area contributed by atoms with Crippen LogP contribution in [0.2, 0.25) is 0 Å². The fourth-order valence-electron chi connectivity index (χ4n) is 1.11. The normalized spacial score (nSPS) is 9.56. The smallest absolute Gasteiger partial charge is 0.226 e. The van der Waals surface area contributed by atoms with Crippen molar-refractivity contribution in [1.29, 1.82) is 5.26 Å². The zero-order valence-electron chi connectivity index (χ0n) is 8.79. The Labute approximate surface area is 92.6 Å². The van der Waals surface area contributed by atoms with Gasteiger partial charge in [-0.3, -0.25) is 4.79 Å². The molecule has 0 aromatic heterocycles. The highest BCUT2D eigenvalue weighted by molar-refractivity contribution is 5.90. The van der Waals surface area contributed by atoms with Gasteiger partial charge in [0.2, 0.25) is 5.91 Å². The van der Waals surface area contributed by atoms with E-state index in [9.17, 15) is 9.18 Å². The second kappa shape index (κ2) is 5.83. The van der Waals surface area contributed by atoms with Crippen molar-refractivity contribution in [2.24, 2.45) is 0 Å². The number of carbonyl (C=O) groups is 1. The monoisotopic (exact) mass is 222 g/mol. The molecule has 1 rings (SSSR count). The van der Waals surface area contributed by atoms with E-state index >= 15 is 0 Å². The molecule has 0 spiro atoms. The Hall–Kier alpha value is -1.93. The molecule has 1 aromatic rings. The largest absolute Gasteiger partial charge is 0.384 e. The Bertz CT molecular complexity index is 426. The summed E-state index contributed by atoms with van der Waals surface area (Å²) < 4.78 is 17.7. The standard InChI is InChI=1S/C11H11FN2O2/c1-16-5-4-11(15)14-9-2-3-10(12)8(6-9)7-13/h2-3,6H,4-5H2,1H3,(H,14,15). The van der Waals surface area contributed by atoms with Crippen LogP contribution in [0.4, 0.5) is 10.1 Å². The van der Waals surface area contributed by atoms with Gasteiger partial charge in [0, 0.05) is 12.8 Å². The average Bonchev–Trinajstić information content (AvgIpc) is 2.29. The predicted molar refractivity (Wildman–Crippen MR) is 56.2 cm³/mol. The lowest BCUT2D eigenvalue weighted by Crippen LogP contribution is -2.13. The number of nitrogens with one attached hydrogen (secondary N) is 1. The molecule has 0 aliphatic heterocycles. The SMILES string of the molecule is COCCC(=O)Nc1ccc(F)c(C#N)c1. The molecule has 4 nitrogen and oxygen atoms in total. The fraction of sp³-hybridized carbons (Fsp3) is 0.273. The topological polar surface area (TPSA) is 62.1 Å². The molecule has 0 saturated carbocycles. The van der Waals surface area contributed by atoms with Crippen LogP contribution in [0.25, 0.3) is 0 Å². The third-order valence-corrected chi connectivity index (χ3v) is 1.90. The minimum Gasteiger partial charge on any atom is -0.384 e. The van der Waals surface area contributed by atoms with Crippen LogP contribution < -0.4 is 5.32 Å². The van der Waals surface area contributed by atoms with Gasteiger partial charge < -0.3 is 10.1 Å². The summed E-state index contributed by atoms with van der Waals surface area (Å²) in [5.41, 5.74) is 0.309. The minimum absolute atomic E-state index is 0.0930. The van der Waals surface area contributed by atoms with E-state index < -0.39 is 5.82 Å². The predicted octanol–water partition coefficient (Wildman–Crippen LogP) is 1.67. The molecule has 0 heterocycles. The Balaban J connectivity index is 2.68. The highest BCUT2D eigenvalue weighted by Crippen LogP contribution is 2.13. The first-order valence-corrected chi connectivity index (χ1v) is 4.66. The van der Waals surface area contributed by atoms with E-state index in [0.29, 0.717) is 12.3 Å². The molecule has 0 atom stereocenters. The lowest BCUT2D eigenvalue weighted by molar-refractivity contribution is -0.117. The van der Waals surface area contributed by atoms with Crippen molar-refractivity contribution < 1.29 is 13.9 Å². The second-order valence-corrected chi connectivity index (χ2v) is 3.10. The number of hydrogen-bond acceptors (Lipinski definition) is 3. The number of nitriles is 1. The number of amides is 1. The Morgan fingerprint density at radius 1 is 1.62 bits per heavy atom. The van der Waals surface area contributed by atoms with Gasteiger partial charge in [-0.25, -0.2) is 4.39 Å². The van der Waals surface area contributed by atoms with Crippen molar-refractivity contribution in [2.45, 2.75) is 6.42 Å². The number of hydrogen-bond donors (Lipinski definition) is 1. The number of halogens is 1. The van der Waals surface area contributed by atoms with E-state index in [2.05, 4.69) is 5.32 Å². The van der Waals surface area contributed by atoms with E-state index in [1.54, 1.807) is 6.07 Å². The Morgan fingerprint density at radius 2 is 2.38 bits per heavy atom. The first kappa shape index (κ1) is 12.1. The average molecular weight is 222 g/mol. The first-order chi connectivity index (χ1) is 7.67. The van der Waals surface area contributed by atoms with Gasteiger partial charge >= 0.3 is 0 Å². The molecule has 84 valence electrons. The van der Waals surface area contributed by atoms with Crippen molar-refractivity contribution in [2.75, 3.05) is 19.0 Å². The summed E-state index contributed by atoms with van der Waals surface area (Å²) in [6.45, 7) is 0.318. The number of rotatable bonds is 4. The fourth-order valence-corrected chi connectivity index (χ4v) is 1.11. The summed E-state index contributed by atoms with van der Waals surface area (Å²) in [7, 11) is 1.50. The first-order valence-electron chi connectivity index (χ1n) is 4.66. The minimum atomic E-state index is -0.600. The molecule has 1 N–H and O–H groups in total. The molecule has 16 heavy (non-hydrogen) atoms. The summed E-state index contributed by atoms with van der Waals surface area (Å²) in [6, 6.07) is 5.54. The highest BCUT2D eigenvalue weighted by atomic mass is 19.1. The van der Waals surface area contributed by atoms with Gasteiger partial charge in [-0.1, -0.05) is 0 Å². The number of ether oxygens (including phenoxy) is 1. The van der Waals surface area contributed by atoms with Gasteiger partial charge in [0.1, 0.15) is 11.9 Å². The van der Waals surface area contributed by atoms with E-state index in [0.717, 1.165) is 6.07 Å². The Kier molecular flexibility index (Phi) is 4.42. The molecule has 0 saturated heterocycles. The number of carbonyl (C=O) groups excluding carboxylic acids is 1. The maximum Gasteiger partial charge on any atom is 0.226 e. The molecule has 0 radical (unpaired) electrons. The van der Waals surface area contributed by atoms with Gasteiger partial charge in [-0.15, -0.1) is 0 Å². The van der Waals surface area contributed by atoms with Crippen molar-refractivity contribution in [1.82, 2.24) is 0 Å². The third-order valence-electron chi connectivity index (χ3n) is 1.90. The van der Waals surface area contributed by atoms with Crippen molar-refractivity contribution in [3.8, 4) is 6.07 Å². The molecule has 0 bridgehead atoms. The molecular weight excluding hydrogens is 211 g/mol. The number of benzene rings is 1. The van der Waals surface area contributed by atoms with Gasteiger partial charge in [-0.05, 0) is 18.2 Å². The number of nitrogens with zero attached hydrogens (tertiary/aromatic N) is 1. The third kappa shape index (κ3) is 3.33. The summed E-state index contributed by atoms with van der Waals surface area (Å²) in [4.78, 5) is 11.3. The summed E-state index contributed by atoms with van der Waals surface area (Å²) in [5, 5.41) is 11.1. The summed E-state index contributed by atoms with van der Waals surface area (Å²) in [6.07, 6.45) is 0.218. The number of methoxy groups -OCH3 is 1. The summed E-state index contributed by atoms with van der Waals surface area (Å²) >= 11 is 0. The molecule has 5 heteroatoms. The highest BCUT2D eigenvalue weighted by Gasteiger charge is 2.05. The maximum atomic E-state index is 13.0. The molecule has 1 aromatic carbocycles. The maximum absolute atomic E-state index is 13.0. The molecule has 1 amide bonds. The van der Waals surface area contributed by atoms with Crippen LogP contribution in [0.5, 0.6) is 0 Å². The molecule has 0 unspecified atom stereocenters. The zero-order chi connectivity index (χ0) is 12.0. The van der Waals surface area contributed by atoms with Crippen LogP contribution >= 0.6 is 0 Å². The second-order valence-electron chi connectivity index (χ2n) is 3.10. The van der Waals surface area contributed by atoms with Gasteiger partial charge in [0.25, 0.3) is 0 Å². The molecule has 0 aliphatic rings. The van der Waals surface area contributed by atoms with Gasteiger partial charge in [0.05, 0.1) is 18.6 Å². The van der Waals surface area contributed by atoms with Gasteiger partial charge in [0.15, 0.2) is 0 Å². The summed E-state index contributed by atoms with van der Waals surface area (Å²) in [5.74, 6) is -0.838. The van der Waals surface area contributed by atoms with Crippen LogP contribution in [-0.4, -0.2) is 19.6 Å². The molecular formula is C11H11FN2O2. The lowest BCUT2D eigenvalue weighted by Gasteiger charge is -2.05. The van der Waals surface area contributed by atoms with E-state index in [-0.39, 0.29) is 17.9 Å². The number of anilines is 1. The quantitative estimate of drug-likeness (QED) is 0.842. The molecule has 0 fully saturated rings. The van der Waals surface area contributed by atoms with E-state index in [1.807, 2.05) is 0 Å². The van der Waals surface area contributed by atoms with Crippen LogP contribution in [-0.2, 0) is 9.53 Å². The lowest BCUT2D eigenvalue weighted by atomic mass is 10.2.